The van der Waals surface area contributed by atoms with Gasteiger partial charge in [0.25, 0.3) is 0 Å². The molecule has 13 aromatic carbocycles. The van der Waals surface area contributed by atoms with Gasteiger partial charge in [0.1, 0.15) is 0 Å². The van der Waals surface area contributed by atoms with Crippen LogP contribution in [0.1, 0.15) is 48.6 Å². The van der Waals surface area contributed by atoms with Crippen molar-refractivity contribution in [3.8, 4) is 113 Å². The highest BCUT2D eigenvalue weighted by atomic mass is 15.2. The van der Waals surface area contributed by atoms with Crippen LogP contribution in [0.3, 0.4) is 0 Å². The third kappa shape index (κ3) is 9.20. The monoisotopic (exact) mass is 1250 g/mol. The first-order chi connectivity index (χ1) is 48.2. The molecule has 2 aliphatic carbocycles. The molecular weight excluding hydrogens is 1190 g/mol. The highest BCUT2D eigenvalue weighted by molar-refractivity contribution is 6.13. The number of rotatable bonds is 11. The van der Waals surface area contributed by atoms with Gasteiger partial charge in [0.05, 0.1) is 22.1 Å². The van der Waals surface area contributed by atoms with Gasteiger partial charge in [-0.3, -0.25) is 9.13 Å². The first-order valence-electron chi connectivity index (χ1n) is 33.6. The molecule has 1 unspecified atom stereocenters. The van der Waals surface area contributed by atoms with Crippen LogP contribution in [0.25, 0.3) is 157 Å². The van der Waals surface area contributed by atoms with Crippen LogP contribution < -0.4 is 0 Å². The third-order valence-corrected chi connectivity index (χ3v) is 20.6. The Morgan fingerprint density at radius 2 is 0.592 bits per heavy atom. The standard InChI is InChI=1S/C90H62N8/c1-89(2)75-41-23-19-37-67(75)71-53-81-73(51-77(71)89)69-39-21-25-43-79(69)97(81)87-93-83(60-33-15-7-16-34-60)91-85(95-87)65-46-56(45-62(48-65)57-27-9-4-10-28-57)55-90(3)76-42-24-20-38-68(76)72-54-82-74(52-78(72)90)70-40-22-26-44-80(70)98(82)88-94-84(61-35-17-8-18-36-61)92-86(96-88)66-49-63(58-29-11-5-12-30-58)47-64(50-66)59-31-13-6-14-32-59/h4-54H,55H2,1-3H3. The van der Waals surface area contributed by atoms with Crippen molar-refractivity contribution in [1.82, 2.24) is 39.0 Å². The SMILES string of the molecule is CC1(C)c2ccccc2-c2cc3c(cc21)c1ccccc1n3-c1nc(-c2ccccc2)nc(-c2cc(CC3(C)c4ccccc4-c4cc5c(cc43)c3ccccc3n5-c3nc(-c4ccccc4)nc(-c4cc(-c5ccccc5)cc(-c5ccccc5)c4)n3)cc(-c3ccccc3)c2)n1. The molecule has 0 amide bonds. The predicted octanol–water partition coefficient (Wildman–Crippen LogP) is 21.8. The first kappa shape index (κ1) is 57.0. The maximum Gasteiger partial charge on any atom is 0.238 e. The van der Waals surface area contributed by atoms with Gasteiger partial charge in [-0.25, -0.2) is 9.97 Å². The molecule has 4 heterocycles. The molecule has 0 bridgehead atoms. The summed E-state index contributed by atoms with van der Waals surface area (Å²) in [5.74, 6) is 3.47. The smallest absolute Gasteiger partial charge is 0.238 e. The fourth-order valence-corrected chi connectivity index (χ4v) is 15.9. The van der Waals surface area contributed by atoms with Crippen molar-refractivity contribution in [2.24, 2.45) is 0 Å². The number of benzene rings is 13. The van der Waals surface area contributed by atoms with Gasteiger partial charge in [-0.05, 0) is 157 Å². The molecular formula is C90H62N8. The van der Waals surface area contributed by atoms with Gasteiger partial charge in [0.15, 0.2) is 23.3 Å². The molecule has 0 spiro atoms. The Labute approximate surface area is 567 Å². The molecule has 0 radical (unpaired) electrons. The lowest BCUT2D eigenvalue weighted by atomic mass is 9.74. The number of hydrogen-bond acceptors (Lipinski definition) is 6. The van der Waals surface area contributed by atoms with Crippen molar-refractivity contribution in [2.45, 2.75) is 38.0 Å². The quantitative estimate of drug-likeness (QED) is 0.128. The lowest BCUT2D eigenvalue weighted by molar-refractivity contribution is 0.584. The number of para-hydroxylation sites is 2. The fraction of sp³-hybridized carbons (Fsp3) is 0.0667. The average molecular weight is 1260 g/mol. The van der Waals surface area contributed by atoms with Gasteiger partial charge in [-0.2, -0.15) is 19.9 Å². The maximum absolute atomic E-state index is 5.63. The van der Waals surface area contributed by atoms with Gasteiger partial charge in [0, 0.05) is 54.6 Å². The van der Waals surface area contributed by atoms with E-state index >= 15 is 0 Å². The molecule has 8 nitrogen and oxygen atoms in total. The van der Waals surface area contributed by atoms with E-state index < -0.39 is 5.41 Å². The van der Waals surface area contributed by atoms with E-state index in [0.29, 0.717) is 41.6 Å². The number of fused-ring (bicyclic) bond motifs is 12. The molecule has 0 saturated carbocycles. The van der Waals surface area contributed by atoms with Crippen molar-refractivity contribution in [1.29, 1.82) is 0 Å². The van der Waals surface area contributed by atoms with Crippen LogP contribution in [0.5, 0.6) is 0 Å². The predicted molar refractivity (Wildman–Crippen MR) is 400 cm³/mol. The van der Waals surface area contributed by atoms with Crippen LogP contribution in [-0.2, 0) is 17.3 Å². The lowest BCUT2D eigenvalue weighted by Gasteiger charge is -2.28. The van der Waals surface area contributed by atoms with E-state index in [-0.39, 0.29) is 5.41 Å². The molecule has 19 rings (SSSR count). The molecule has 1 atom stereocenters. The van der Waals surface area contributed by atoms with Gasteiger partial charge >= 0.3 is 0 Å². The summed E-state index contributed by atoms with van der Waals surface area (Å²) in [5, 5.41) is 4.54. The van der Waals surface area contributed by atoms with Crippen LogP contribution in [-0.4, -0.2) is 39.0 Å². The van der Waals surface area contributed by atoms with E-state index in [1.807, 2.05) is 24.3 Å². The van der Waals surface area contributed by atoms with Crippen LogP contribution in [0, 0.1) is 0 Å². The summed E-state index contributed by atoms with van der Waals surface area (Å²) >= 11 is 0. The number of aromatic nitrogens is 8. The van der Waals surface area contributed by atoms with Crippen LogP contribution >= 0.6 is 0 Å². The zero-order valence-electron chi connectivity index (χ0n) is 54.2. The van der Waals surface area contributed by atoms with E-state index in [1.54, 1.807) is 0 Å². The maximum atomic E-state index is 5.63. The topological polar surface area (TPSA) is 87.2 Å². The van der Waals surface area contributed by atoms with Crippen LogP contribution in [0.15, 0.2) is 309 Å². The second-order valence-electron chi connectivity index (χ2n) is 26.9. The summed E-state index contributed by atoms with van der Waals surface area (Å²) in [4.78, 5) is 32.9. The van der Waals surface area contributed by atoms with Crippen molar-refractivity contribution in [2.75, 3.05) is 0 Å². The highest BCUT2D eigenvalue weighted by Crippen LogP contribution is 2.54. The van der Waals surface area contributed by atoms with E-state index in [9.17, 15) is 0 Å². The summed E-state index contributed by atoms with van der Waals surface area (Å²) < 4.78 is 4.52. The summed E-state index contributed by atoms with van der Waals surface area (Å²) in [6.45, 7) is 7.12. The van der Waals surface area contributed by atoms with Crippen molar-refractivity contribution < 1.29 is 0 Å². The Morgan fingerprint density at radius 3 is 1.08 bits per heavy atom. The van der Waals surface area contributed by atoms with Crippen LogP contribution in [0.2, 0.25) is 0 Å². The summed E-state index contributed by atoms with van der Waals surface area (Å²) in [5.41, 5.74) is 24.8. The molecule has 4 aromatic heterocycles. The minimum atomic E-state index is -0.493. The fourth-order valence-electron chi connectivity index (χ4n) is 15.9. The first-order valence-corrected chi connectivity index (χ1v) is 33.6. The summed E-state index contributed by atoms with van der Waals surface area (Å²) in [7, 11) is 0. The van der Waals surface area contributed by atoms with E-state index in [4.69, 9.17) is 29.9 Å². The molecule has 98 heavy (non-hydrogen) atoms. The second kappa shape index (κ2) is 22.3. The average Bonchev–Trinajstić information content (AvgIpc) is 1.55. The van der Waals surface area contributed by atoms with Crippen molar-refractivity contribution in [3.05, 3.63) is 337 Å². The Kier molecular flexibility index (Phi) is 13.0. The molecule has 462 valence electrons. The molecule has 17 aromatic rings. The second-order valence-corrected chi connectivity index (χ2v) is 26.9. The zero-order valence-corrected chi connectivity index (χ0v) is 54.2. The minimum absolute atomic E-state index is 0.167. The summed E-state index contributed by atoms with van der Waals surface area (Å²) in [6, 6.07) is 111. The molecule has 0 fully saturated rings. The Hall–Kier alpha value is -12.5. The van der Waals surface area contributed by atoms with Gasteiger partial charge in [0.2, 0.25) is 11.9 Å². The highest BCUT2D eigenvalue weighted by Gasteiger charge is 2.41. The minimum Gasteiger partial charge on any atom is -0.278 e. The summed E-state index contributed by atoms with van der Waals surface area (Å²) in [6.07, 6.45) is 0.679. The normalized spacial score (nSPS) is 14.2. The zero-order chi connectivity index (χ0) is 65.2. The Bertz CT molecular complexity index is 6000. The molecule has 0 N–H and O–H groups in total. The number of nitrogens with zero attached hydrogens (tertiary/aromatic N) is 8. The van der Waals surface area contributed by atoms with Crippen molar-refractivity contribution in [3.63, 3.8) is 0 Å². The van der Waals surface area contributed by atoms with Crippen molar-refractivity contribution >= 4 is 43.6 Å². The van der Waals surface area contributed by atoms with E-state index in [0.717, 1.165) is 99.4 Å². The van der Waals surface area contributed by atoms with E-state index in [2.05, 4.69) is 315 Å². The molecule has 8 heteroatoms. The lowest BCUT2D eigenvalue weighted by Crippen LogP contribution is -2.24. The molecule has 0 aliphatic heterocycles. The van der Waals surface area contributed by atoms with Gasteiger partial charge < -0.3 is 0 Å². The number of hydrogen-bond donors (Lipinski definition) is 0. The largest absolute Gasteiger partial charge is 0.278 e. The Morgan fingerprint density at radius 1 is 0.245 bits per heavy atom. The Balaban J connectivity index is 0.786. The van der Waals surface area contributed by atoms with E-state index in [1.165, 1.54) is 49.9 Å². The van der Waals surface area contributed by atoms with Gasteiger partial charge in [-0.1, -0.05) is 263 Å². The molecule has 2 aliphatic rings. The third-order valence-electron chi connectivity index (χ3n) is 20.6. The molecule has 0 saturated heterocycles. The van der Waals surface area contributed by atoms with Gasteiger partial charge in [-0.15, -0.1) is 0 Å². The van der Waals surface area contributed by atoms with Crippen LogP contribution in [0.4, 0.5) is 0 Å².